The highest BCUT2D eigenvalue weighted by atomic mass is 79.9. The number of amides is 1. The van der Waals surface area contributed by atoms with Crippen LogP contribution in [-0.4, -0.2) is 31.3 Å². The van der Waals surface area contributed by atoms with Gasteiger partial charge in [0, 0.05) is 5.02 Å². The van der Waals surface area contributed by atoms with Crippen LogP contribution >= 0.6 is 39.1 Å². The van der Waals surface area contributed by atoms with Crippen molar-refractivity contribution in [2.75, 3.05) is 13.2 Å². The van der Waals surface area contributed by atoms with E-state index >= 15 is 0 Å². The second-order valence-corrected chi connectivity index (χ2v) is 8.36. The van der Waals surface area contributed by atoms with E-state index in [1.165, 1.54) is 6.21 Å². The molecule has 0 aliphatic rings. The second kappa shape index (κ2) is 12.4. The number of halogens is 3. The molecule has 0 unspecified atom stereocenters. The van der Waals surface area contributed by atoms with Gasteiger partial charge in [-0.05, 0) is 76.9 Å². The van der Waals surface area contributed by atoms with Crippen molar-refractivity contribution >= 4 is 57.2 Å². The van der Waals surface area contributed by atoms with Gasteiger partial charge in [0.1, 0.15) is 5.75 Å². The van der Waals surface area contributed by atoms with E-state index in [-0.39, 0.29) is 22.9 Å². The Hall–Kier alpha value is -3.07. The fourth-order valence-corrected chi connectivity index (χ4v) is 3.70. The number of ether oxygens (including phenoxy) is 3. The summed E-state index contributed by atoms with van der Waals surface area (Å²) in [6.45, 7) is 1.92. The van der Waals surface area contributed by atoms with Crippen LogP contribution in [0, 0.1) is 0 Å². The standard InChI is InChI=1S/C24H19BrCl2N2O5/c1-2-32-22-11-15(7-9-21(22)34-24(31)17-5-3-4-6-19(17)27)13-28-29-23(30)14-33-20-10-8-16(26)12-18(20)25/h3-13H,2,14H2,1H3,(H,29,30). The third kappa shape index (κ3) is 7.21. The van der Waals surface area contributed by atoms with Gasteiger partial charge in [0.05, 0.1) is 27.9 Å². The molecule has 0 aliphatic heterocycles. The summed E-state index contributed by atoms with van der Waals surface area (Å²) in [7, 11) is 0. The van der Waals surface area contributed by atoms with Crippen molar-refractivity contribution in [2.24, 2.45) is 5.10 Å². The lowest BCUT2D eigenvalue weighted by Crippen LogP contribution is -2.24. The van der Waals surface area contributed by atoms with Gasteiger partial charge in [-0.1, -0.05) is 35.3 Å². The van der Waals surface area contributed by atoms with E-state index < -0.39 is 11.9 Å². The molecule has 0 heterocycles. The number of esters is 1. The number of carbonyl (C=O) groups is 2. The lowest BCUT2D eigenvalue weighted by atomic mass is 10.2. The van der Waals surface area contributed by atoms with Gasteiger partial charge >= 0.3 is 5.97 Å². The Morgan fingerprint density at radius 3 is 2.50 bits per heavy atom. The van der Waals surface area contributed by atoms with E-state index in [9.17, 15) is 9.59 Å². The molecule has 0 aromatic heterocycles. The van der Waals surface area contributed by atoms with Crippen molar-refractivity contribution in [3.8, 4) is 17.2 Å². The van der Waals surface area contributed by atoms with E-state index in [4.69, 9.17) is 37.4 Å². The van der Waals surface area contributed by atoms with Crippen molar-refractivity contribution in [1.29, 1.82) is 0 Å². The van der Waals surface area contributed by atoms with Crippen LogP contribution in [0.3, 0.4) is 0 Å². The summed E-state index contributed by atoms with van der Waals surface area (Å²) >= 11 is 15.3. The molecule has 0 atom stereocenters. The molecule has 176 valence electrons. The van der Waals surface area contributed by atoms with Crippen molar-refractivity contribution in [1.82, 2.24) is 5.43 Å². The number of hydrazone groups is 1. The minimum absolute atomic E-state index is 0.231. The Morgan fingerprint density at radius 1 is 1.00 bits per heavy atom. The maximum Gasteiger partial charge on any atom is 0.345 e. The van der Waals surface area contributed by atoms with Crippen LogP contribution in [0.5, 0.6) is 17.2 Å². The predicted octanol–water partition coefficient (Wildman–Crippen LogP) is 5.90. The van der Waals surface area contributed by atoms with Gasteiger partial charge in [-0.15, -0.1) is 0 Å². The first-order valence-electron chi connectivity index (χ1n) is 10.0. The highest BCUT2D eigenvalue weighted by molar-refractivity contribution is 9.10. The van der Waals surface area contributed by atoms with Gasteiger partial charge < -0.3 is 14.2 Å². The Labute approximate surface area is 214 Å². The van der Waals surface area contributed by atoms with Crippen molar-refractivity contribution in [3.05, 3.63) is 86.3 Å². The SMILES string of the molecule is CCOc1cc(C=NNC(=O)COc2ccc(Cl)cc2Br)ccc1OC(=O)c1ccccc1Cl. The Kier molecular flexibility index (Phi) is 9.33. The molecular weight excluding hydrogens is 547 g/mol. The molecule has 0 bridgehead atoms. The van der Waals surface area contributed by atoms with Crippen LogP contribution in [-0.2, 0) is 4.79 Å². The average Bonchev–Trinajstić information content (AvgIpc) is 2.80. The summed E-state index contributed by atoms with van der Waals surface area (Å²) in [6, 6.07) is 16.4. The topological polar surface area (TPSA) is 86.2 Å². The molecule has 1 N–H and O–H groups in total. The van der Waals surface area contributed by atoms with Gasteiger partial charge in [0.15, 0.2) is 18.1 Å². The van der Waals surface area contributed by atoms with E-state index in [0.717, 1.165) is 0 Å². The number of hydrogen-bond acceptors (Lipinski definition) is 6. The van der Waals surface area contributed by atoms with Crippen LogP contribution in [0.2, 0.25) is 10.0 Å². The minimum atomic E-state index is -0.604. The number of nitrogens with one attached hydrogen (secondary N) is 1. The molecule has 0 saturated carbocycles. The fraction of sp³-hybridized carbons (Fsp3) is 0.125. The fourth-order valence-electron chi connectivity index (χ4n) is 2.69. The summed E-state index contributed by atoms with van der Waals surface area (Å²) < 4.78 is 17.1. The molecule has 0 saturated heterocycles. The average molecular weight is 566 g/mol. The van der Waals surface area contributed by atoms with Crippen molar-refractivity contribution in [2.45, 2.75) is 6.92 Å². The lowest BCUT2D eigenvalue weighted by molar-refractivity contribution is -0.123. The maximum absolute atomic E-state index is 12.5. The smallest absolute Gasteiger partial charge is 0.345 e. The van der Waals surface area contributed by atoms with Gasteiger partial charge in [-0.25, -0.2) is 10.2 Å². The van der Waals surface area contributed by atoms with Crippen LogP contribution in [0.25, 0.3) is 0 Å². The Morgan fingerprint density at radius 2 is 1.76 bits per heavy atom. The first-order chi connectivity index (χ1) is 16.4. The van der Waals surface area contributed by atoms with Crippen LogP contribution in [0.15, 0.2) is 70.2 Å². The molecule has 3 rings (SSSR count). The van der Waals surface area contributed by atoms with E-state index in [2.05, 4.69) is 26.5 Å². The summed E-state index contributed by atoms with van der Waals surface area (Å²) in [6.07, 6.45) is 1.43. The minimum Gasteiger partial charge on any atom is -0.490 e. The molecule has 1 amide bonds. The Balaban J connectivity index is 1.61. The molecule has 10 heteroatoms. The van der Waals surface area contributed by atoms with Crippen LogP contribution < -0.4 is 19.6 Å². The molecule has 34 heavy (non-hydrogen) atoms. The molecule has 0 radical (unpaired) electrons. The maximum atomic E-state index is 12.5. The molecule has 0 fully saturated rings. The monoisotopic (exact) mass is 564 g/mol. The zero-order chi connectivity index (χ0) is 24.5. The third-order valence-electron chi connectivity index (χ3n) is 4.22. The highest BCUT2D eigenvalue weighted by Crippen LogP contribution is 2.30. The van der Waals surface area contributed by atoms with Crippen LogP contribution in [0.4, 0.5) is 0 Å². The zero-order valence-corrected chi connectivity index (χ0v) is 21.0. The first kappa shape index (κ1) is 25.6. The zero-order valence-electron chi connectivity index (χ0n) is 17.9. The number of hydrogen-bond donors (Lipinski definition) is 1. The molecule has 3 aromatic rings. The Bertz CT molecular complexity index is 1220. The van der Waals surface area contributed by atoms with Gasteiger partial charge in [0.25, 0.3) is 5.91 Å². The normalized spacial score (nSPS) is 10.7. The highest BCUT2D eigenvalue weighted by Gasteiger charge is 2.15. The third-order valence-corrected chi connectivity index (χ3v) is 5.40. The van der Waals surface area contributed by atoms with Gasteiger partial charge in [-0.2, -0.15) is 5.10 Å². The second-order valence-electron chi connectivity index (χ2n) is 6.67. The predicted molar refractivity (Wildman–Crippen MR) is 134 cm³/mol. The summed E-state index contributed by atoms with van der Waals surface area (Å²) in [5.41, 5.74) is 3.24. The number of nitrogens with zero attached hydrogens (tertiary/aromatic N) is 1. The molecule has 7 nitrogen and oxygen atoms in total. The van der Waals surface area contributed by atoms with E-state index in [1.54, 1.807) is 67.6 Å². The van der Waals surface area contributed by atoms with E-state index in [0.29, 0.717) is 33.2 Å². The largest absolute Gasteiger partial charge is 0.490 e. The lowest BCUT2D eigenvalue weighted by Gasteiger charge is -2.12. The van der Waals surface area contributed by atoms with Gasteiger partial charge in [-0.3, -0.25) is 4.79 Å². The number of carbonyl (C=O) groups excluding carboxylic acids is 2. The summed E-state index contributed by atoms with van der Waals surface area (Å²) in [5.74, 6) is -0.00297. The number of rotatable bonds is 9. The first-order valence-corrected chi connectivity index (χ1v) is 11.6. The quantitative estimate of drug-likeness (QED) is 0.151. The van der Waals surface area contributed by atoms with Crippen molar-refractivity contribution in [3.63, 3.8) is 0 Å². The molecule has 3 aromatic carbocycles. The molecular formula is C24H19BrCl2N2O5. The van der Waals surface area contributed by atoms with Crippen LogP contribution in [0.1, 0.15) is 22.8 Å². The molecule has 0 spiro atoms. The van der Waals surface area contributed by atoms with Gasteiger partial charge in [0.2, 0.25) is 0 Å². The number of benzene rings is 3. The molecule has 0 aliphatic carbocycles. The van der Waals surface area contributed by atoms with Crippen molar-refractivity contribution < 1.29 is 23.8 Å². The van der Waals surface area contributed by atoms with E-state index in [1.807, 2.05) is 0 Å². The summed E-state index contributed by atoms with van der Waals surface area (Å²) in [5, 5.41) is 4.76. The summed E-state index contributed by atoms with van der Waals surface area (Å²) in [4.78, 5) is 24.5.